The largest absolute Gasteiger partial charge is 0.247 e. The molecule has 30 heavy (non-hydrogen) atoms. The van der Waals surface area contributed by atoms with Gasteiger partial charge in [0, 0.05) is 22.9 Å². The number of para-hydroxylation sites is 1. The van der Waals surface area contributed by atoms with Crippen LogP contribution >= 0.6 is 0 Å². The van der Waals surface area contributed by atoms with Gasteiger partial charge in [-0.1, -0.05) is 83.6 Å². The van der Waals surface area contributed by atoms with E-state index >= 15 is 0 Å². The average molecular weight is 391 g/mol. The van der Waals surface area contributed by atoms with Crippen LogP contribution in [0.4, 0.5) is 0 Å². The first-order valence-electron chi connectivity index (χ1n) is 9.93. The highest BCUT2D eigenvalue weighted by atomic mass is 15.4. The number of hydrogen-bond acceptors (Lipinski definition) is 3. The van der Waals surface area contributed by atoms with Crippen molar-refractivity contribution in [2.24, 2.45) is 0 Å². The van der Waals surface area contributed by atoms with Crippen molar-refractivity contribution in [3.8, 4) is 28.2 Å². The van der Waals surface area contributed by atoms with Crippen LogP contribution < -0.4 is 0 Å². The fraction of sp³-hybridized carbons (Fsp3) is 0.0800. The Hall–Kier alpha value is -3.99. The van der Waals surface area contributed by atoms with E-state index in [1.807, 2.05) is 64.1 Å². The smallest absolute Gasteiger partial charge is 0.113 e. The van der Waals surface area contributed by atoms with Crippen LogP contribution in [0.2, 0.25) is 0 Å². The van der Waals surface area contributed by atoms with Crippen LogP contribution in [-0.2, 0) is 6.54 Å². The summed E-state index contributed by atoms with van der Waals surface area (Å²) in [4.78, 5) is 0. The molecule has 0 N–H and O–H groups in total. The highest BCUT2D eigenvalue weighted by Crippen LogP contribution is 2.25. The highest BCUT2D eigenvalue weighted by molar-refractivity contribution is 5.64. The standard InChI is InChI=1S/C25H21N5/c1-19-12-14-21(15-13-19)25-22(17-30(27-25)23-10-6-3-7-11-23)16-29-18-24(26-28-29)20-8-4-2-5-9-20/h2-15,17-18H,16H2,1H3. The third-order valence-electron chi connectivity index (χ3n) is 5.08. The van der Waals surface area contributed by atoms with Crippen LogP contribution in [-0.4, -0.2) is 24.8 Å². The van der Waals surface area contributed by atoms with Crippen molar-refractivity contribution >= 4 is 0 Å². The molecule has 0 saturated carbocycles. The topological polar surface area (TPSA) is 48.5 Å². The van der Waals surface area contributed by atoms with Gasteiger partial charge in [-0.15, -0.1) is 5.10 Å². The lowest BCUT2D eigenvalue weighted by molar-refractivity contribution is 0.650. The first kappa shape index (κ1) is 18.1. The quantitative estimate of drug-likeness (QED) is 0.416. The molecule has 5 aromatic rings. The molecular formula is C25H21N5. The third kappa shape index (κ3) is 3.65. The summed E-state index contributed by atoms with van der Waals surface area (Å²) in [7, 11) is 0. The van der Waals surface area contributed by atoms with Crippen molar-refractivity contribution in [3.05, 3.63) is 108 Å². The Labute approximate surface area is 175 Å². The van der Waals surface area contributed by atoms with Gasteiger partial charge in [0.25, 0.3) is 0 Å². The van der Waals surface area contributed by atoms with Gasteiger partial charge in [0.2, 0.25) is 0 Å². The van der Waals surface area contributed by atoms with Crippen LogP contribution in [0, 0.1) is 6.92 Å². The summed E-state index contributed by atoms with van der Waals surface area (Å²) in [5, 5.41) is 13.6. The molecule has 2 heterocycles. The molecular weight excluding hydrogens is 370 g/mol. The lowest BCUT2D eigenvalue weighted by atomic mass is 10.1. The Bertz CT molecular complexity index is 1250. The molecule has 0 atom stereocenters. The lowest BCUT2D eigenvalue weighted by Crippen LogP contribution is -2.01. The fourth-order valence-electron chi connectivity index (χ4n) is 3.48. The maximum atomic E-state index is 4.90. The van der Waals surface area contributed by atoms with Gasteiger partial charge in [0.15, 0.2) is 0 Å². The molecule has 2 aromatic heterocycles. The Morgan fingerprint density at radius 3 is 2.17 bits per heavy atom. The van der Waals surface area contributed by atoms with Gasteiger partial charge in [-0.25, -0.2) is 9.36 Å². The zero-order chi connectivity index (χ0) is 20.3. The number of aryl methyl sites for hydroxylation is 1. The highest BCUT2D eigenvalue weighted by Gasteiger charge is 2.14. The SMILES string of the molecule is Cc1ccc(-c2nn(-c3ccccc3)cc2Cn2cc(-c3ccccc3)nn2)cc1. The van der Waals surface area contributed by atoms with Crippen molar-refractivity contribution in [2.75, 3.05) is 0 Å². The molecule has 0 aliphatic rings. The maximum absolute atomic E-state index is 4.90. The minimum Gasteiger partial charge on any atom is -0.247 e. The zero-order valence-corrected chi connectivity index (χ0v) is 16.7. The Kier molecular flexibility index (Phi) is 4.69. The number of rotatable bonds is 5. The molecule has 0 aliphatic heterocycles. The molecule has 0 fully saturated rings. The van der Waals surface area contributed by atoms with Crippen LogP contribution in [0.25, 0.3) is 28.2 Å². The Morgan fingerprint density at radius 2 is 1.43 bits per heavy atom. The van der Waals surface area contributed by atoms with Gasteiger partial charge in [-0.05, 0) is 19.1 Å². The van der Waals surface area contributed by atoms with E-state index in [0.29, 0.717) is 6.54 Å². The van der Waals surface area contributed by atoms with Gasteiger partial charge >= 0.3 is 0 Å². The predicted octanol–water partition coefficient (Wildman–Crippen LogP) is 5.15. The van der Waals surface area contributed by atoms with E-state index in [1.165, 1.54) is 5.56 Å². The van der Waals surface area contributed by atoms with E-state index in [1.54, 1.807) is 0 Å². The summed E-state index contributed by atoms with van der Waals surface area (Å²) in [6.07, 6.45) is 4.06. The summed E-state index contributed by atoms with van der Waals surface area (Å²) >= 11 is 0. The molecule has 0 saturated heterocycles. The first-order chi connectivity index (χ1) is 14.8. The summed E-state index contributed by atoms with van der Waals surface area (Å²) < 4.78 is 3.80. The zero-order valence-electron chi connectivity index (χ0n) is 16.7. The Balaban J connectivity index is 1.53. The molecule has 0 bridgehead atoms. The average Bonchev–Trinajstić information content (AvgIpc) is 3.43. The molecule has 5 nitrogen and oxygen atoms in total. The summed E-state index contributed by atoms with van der Waals surface area (Å²) in [5.74, 6) is 0. The summed E-state index contributed by atoms with van der Waals surface area (Å²) in [6, 6.07) is 28.7. The molecule has 0 unspecified atom stereocenters. The van der Waals surface area contributed by atoms with Crippen molar-refractivity contribution in [1.82, 2.24) is 24.8 Å². The maximum Gasteiger partial charge on any atom is 0.113 e. The van der Waals surface area contributed by atoms with Crippen LogP contribution in [0.15, 0.2) is 97.3 Å². The van der Waals surface area contributed by atoms with E-state index < -0.39 is 0 Å². The summed E-state index contributed by atoms with van der Waals surface area (Å²) in [5.41, 5.74) is 7.31. The second kappa shape index (κ2) is 7.79. The number of nitrogens with zero attached hydrogens (tertiary/aromatic N) is 5. The van der Waals surface area contributed by atoms with E-state index in [2.05, 4.69) is 59.8 Å². The molecule has 0 aliphatic carbocycles. The predicted molar refractivity (Wildman–Crippen MR) is 118 cm³/mol. The summed E-state index contributed by atoms with van der Waals surface area (Å²) in [6.45, 7) is 2.68. The normalized spacial score (nSPS) is 11.0. The molecule has 5 heteroatoms. The van der Waals surface area contributed by atoms with Gasteiger partial charge in [0.05, 0.1) is 24.1 Å². The minimum atomic E-state index is 0.593. The second-order valence-electron chi connectivity index (χ2n) is 7.32. The van der Waals surface area contributed by atoms with Gasteiger partial charge in [0.1, 0.15) is 5.69 Å². The number of hydrogen-bond donors (Lipinski definition) is 0. The van der Waals surface area contributed by atoms with Gasteiger partial charge in [-0.3, -0.25) is 0 Å². The second-order valence-corrected chi connectivity index (χ2v) is 7.32. The van der Waals surface area contributed by atoms with E-state index in [0.717, 1.165) is 33.8 Å². The van der Waals surface area contributed by atoms with Crippen molar-refractivity contribution in [3.63, 3.8) is 0 Å². The van der Waals surface area contributed by atoms with E-state index in [-0.39, 0.29) is 0 Å². The van der Waals surface area contributed by atoms with E-state index in [4.69, 9.17) is 5.10 Å². The Morgan fingerprint density at radius 1 is 0.733 bits per heavy atom. The fourth-order valence-corrected chi connectivity index (χ4v) is 3.48. The number of aromatic nitrogens is 5. The monoisotopic (exact) mass is 391 g/mol. The van der Waals surface area contributed by atoms with Crippen LogP contribution in [0.3, 0.4) is 0 Å². The molecule has 0 spiro atoms. The van der Waals surface area contributed by atoms with Crippen molar-refractivity contribution in [1.29, 1.82) is 0 Å². The third-order valence-corrected chi connectivity index (χ3v) is 5.08. The minimum absolute atomic E-state index is 0.593. The first-order valence-corrected chi connectivity index (χ1v) is 9.93. The molecule has 5 rings (SSSR count). The van der Waals surface area contributed by atoms with Crippen LogP contribution in [0.5, 0.6) is 0 Å². The van der Waals surface area contributed by atoms with Gasteiger partial charge in [-0.2, -0.15) is 5.10 Å². The molecule has 0 amide bonds. The van der Waals surface area contributed by atoms with Crippen molar-refractivity contribution < 1.29 is 0 Å². The van der Waals surface area contributed by atoms with Crippen LogP contribution in [0.1, 0.15) is 11.1 Å². The molecule has 3 aromatic carbocycles. The molecule has 146 valence electrons. The van der Waals surface area contributed by atoms with E-state index in [9.17, 15) is 0 Å². The van der Waals surface area contributed by atoms with Crippen molar-refractivity contribution in [2.45, 2.75) is 13.5 Å². The number of benzene rings is 3. The molecule has 0 radical (unpaired) electrons. The lowest BCUT2D eigenvalue weighted by Gasteiger charge is -2.03. The van der Waals surface area contributed by atoms with Gasteiger partial charge < -0.3 is 0 Å².